The normalized spacial score (nSPS) is 10.7. The summed E-state index contributed by atoms with van der Waals surface area (Å²) >= 11 is 0. The average molecular weight is 382 g/mol. The average Bonchev–Trinajstić information content (AvgIpc) is 2.71. The second-order valence-electron chi connectivity index (χ2n) is 5.72. The van der Waals surface area contributed by atoms with Crippen LogP contribution in [0.5, 0.6) is 5.75 Å². The van der Waals surface area contributed by atoms with Gasteiger partial charge in [0, 0.05) is 6.92 Å². The topological polar surface area (TPSA) is 93.7 Å². The van der Waals surface area contributed by atoms with E-state index >= 15 is 0 Å². The van der Waals surface area contributed by atoms with Crippen molar-refractivity contribution in [1.29, 1.82) is 0 Å². The van der Waals surface area contributed by atoms with Crippen LogP contribution in [0, 0.1) is 0 Å². The lowest BCUT2D eigenvalue weighted by atomic mass is 10.1. The molecule has 2 rings (SSSR count). The predicted molar refractivity (Wildman–Crippen MR) is 105 cm³/mol. The van der Waals surface area contributed by atoms with E-state index in [1.54, 1.807) is 42.5 Å². The molecule has 0 saturated carbocycles. The zero-order valence-electron chi connectivity index (χ0n) is 15.7. The van der Waals surface area contributed by atoms with Crippen molar-refractivity contribution >= 4 is 23.9 Å². The smallest absolute Gasteiger partial charge is 0.302 e. The van der Waals surface area contributed by atoms with E-state index in [-0.39, 0.29) is 18.8 Å². The van der Waals surface area contributed by atoms with Gasteiger partial charge in [0.1, 0.15) is 18.1 Å². The van der Waals surface area contributed by atoms with Crippen molar-refractivity contribution in [1.82, 2.24) is 10.6 Å². The van der Waals surface area contributed by atoms with Crippen LogP contribution in [-0.2, 0) is 14.3 Å². The molecule has 0 atom stereocenters. The number of rotatable bonds is 8. The summed E-state index contributed by atoms with van der Waals surface area (Å²) in [5.41, 5.74) is 1.11. The number of para-hydroxylation sites is 1. The van der Waals surface area contributed by atoms with Gasteiger partial charge in [0.05, 0.1) is 19.2 Å². The number of hydrogen-bond donors (Lipinski definition) is 2. The lowest BCUT2D eigenvalue weighted by molar-refractivity contribution is -0.141. The van der Waals surface area contributed by atoms with Gasteiger partial charge in [0.25, 0.3) is 11.8 Å². The molecule has 0 fully saturated rings. The zero-order chi connectivity index (χ0) is 20.4. The third kappa shape index (κ3) is 6.28. The van der Waals surface area contributed by atoms with Gasteiger partial charge in [-0.3, -0.25) is 14.4 Å². The second kappa shape index (κ2) is 10.5. The highest BCUT2D eigenvalue weighted by molar-refractivity contribution is 6.06. The highest BCUT2D eigenvalue weighted by Crippen LogP contribution is 2.17. The van der Waals surface area contributed by atoms with Crippen LogP contribution in [0.1, 0.15) is 22.8 Å². The van der Waals surface area contributed by atoms with Crippen molar-refractivity contribution in [2.24, 2.45) is 0 Å². The maximum atomic E-state index is 12.7. The molecule has 0 aliphatic carbocycles. The number of nitrogens with one attached hydrogen (secondary N) is 2. The molecular formula is C21H22N2O5. The lowest BCUT2D eigenvalue weighted by Crippen LogP contribution is -2.36. The molecule has 2 N–H and O–H groups in total. The van der Waals surface area contributed by atoms with Gasteiger partial charge in [-0.05, 0) is 23.8 Å². The van der Waals surface area contributed by atoms with Crippen molar-refractivity contribution in [2.75, 3.05) is 20.3 Å². The van der Waals surface area contributed by atoms with E-state index in [9.17, 15) is 14.4 Å². The molecule has 0 aliphatic rings. The summed E-state index contributed by atoms with van der Waals surface area (Å²) in [6.07, 6.45) is 1.56. The molecule has 7 heteroatoms. The molecule has 2 amide bonds. The van der Waals surface area contributed by atoms with Gasteiger partial charge in [0.2, 0.25) is 0 Å². The van der Waals surface area contributed by atoms with Crippen molar-refractivity contribution in [3.8, 4) is 5.75 Å². The molecule has 0 saturated heterocycles. The number of benzene rings is 2. The van der Waals surface area contributed by atoms with E-state index in [0.29, 0.717) is 11.3 Å². The molecule has 0 unspecified atom stereocenters. The zero-order valence-corrected chi connectivity index (χ0v) is 15.7. The van der Waals surface area contributed by atoms with Crippen molar-refractivity contribution < 1.29 is 23.9 Å². The number of esters is 1. The number of hydrogen-bond acceptors (Lipinski definition) is 5. The lowest BCUT2D eigenvalue weighted by Gasteiger charge is -2.13. The fourth-order valence-electron chi connectivity index (χ4n) is 2.35. The standard InChI is InChI=1S/C21H22N2O5/c1-15(24)28-13-12-22-21(26)18(14-16-8-4-3-5-9-16)23-20(25)17-10-6-7-11-19(17)27-2/h3-11,14H,12-13H2,1-2H3,(H,22,26)(H,23,25)/b18-14-. The molecule has 0 bridgehead atoms. The fourth-order valence-corrected chi connectivity index (χ4v) is 2.35. The number of carbonyl (C=O) groups excluding carboxylic acids is 3. The van der Waals surface area contributed by atoms with Crippen LogP contribution in [0.15, 0.2) is 60.3 Å². The maximum Gasteiger partial charge on any atom is 0.302 e. The Bertz CT molecular complexity index is 862. The minimum Gasteiger partial charge on any atom is -0.496 e. The summed E-state index contributed by atoms with van der Waals surface area (Å²) < 4.78 is 9.99. The molecule has 28 heavy (non-hydrogen) atoms. The largest absolute Gasteiger partial charge is 0.496 e. The molecule has 0 aliphatic heterocycles. The summed E-state index contributed by atoms with van der Waals surface area (Å²) in [6.45, 7) is 1.45. The van der Waals surface area contributed by atoms with Gasteiger partial charge in [0.15, 0.2) is 0 Å². The molecule has 0 aromatic heterocycles. The van der Waals surface area contributed by atoms with Crippen LogP contribution in [-0.4, -0.2) is 38.0 Å². The third-order valence-electron chi connectivity index (χ3n) is 3.65. The van der Waals surface area contributed by atoms with Crippen LogP contribution in [0.2, 0.25) is 0 Å². The molecule has 0 spiro atoms. The fraction of sp³-hybridized carbons (Fsp3) is 0.190. The Hall–Kier alpha value is -3.61. The molecule has 7 nitrogen and oxygen atoms in total. The summed E-state index contributed by atoms with van der Waals surface area (Å²) in [5, 5.41) is 5.24. The molecular weight excluding hydrogens is 360 g/mol. The van der Waals surface area contributed by atoms with E-state index in [1.165, 1.54) is 14.0 Å². The summed E-state index contributed by atoms with van der Waals surface area (Å²) in [5.74, 6) is -1.01. The molecule has 0 radical (unpaired) electrons. The predicted octanol–water partition coefficient (Wildman–Crippen LogP) is 2.15. The van der Waals surface area contributed by atoms with Gasteiger partial charge in [-0.25, -0.2) is 0 Å². The van der Waals surface area contributed by atoms with E-state index in [1.807, 2.05) is 18.2 Å². The SMILES string of the molecule is COc1ccccc1C(=O)N/C(=C\c1ccccc1)C(=O)NCCOC(C)=O. The molecule has 0 heterocycles. The minimum absolute atomic E-state index is 0.0418. The Kier molecular flexibility index (Phi) is 7.77. The monoisotopic (exact) mass is 382 g/mol. The Morgan fingerprint density at radius 3 is 2.36 bits per heavy atom. The third-order valence-corrected chi connectivity index (χ3v) is 3.65. The van der Waals surface area contributed by atoms with Crippen LogP contribution < -0.4 is 15.4 Å². The van der Waals surface area contributed by atoms with E-state index in [0.717, 1.165) is 5.56 Å². The summed E-state index contributed by atoms with van der Waals surface area (Å²) in [6, 6.07) is 15.8. The molecule has 2 aromatic rings. The van der Waals surface area contributed by atoms with Crippen LogP contribution in [0.25, 0.3) is 6.08 Å². The Labute approximate surface area is 163 Å². The molecule has 146 valence electrons. The van der Waals surface area contributed by atoms with Gasteiger partial charge < -0.3 is 20.1 Å². The molecule has 2 aromatic carbocycles. The van der Waals surface area contributed by atoms with Crippen LogP contribution >= 0.6 is 0 Å². The second-order valence-corrected chi connectivity index (χ2v) is 5.72. The Morgan fingerprint density at radius 1 is 1.00 bits per heavy atom. The summed E-state index contributed by atoms with van der Waals surface area (Å²) in [4.78, 5) is 36.0. The van der Waals surface area contributed by atoms with Crippen LogP contribution in [0.3, 0.4) is 0 Å². The van der Waals surface area contributed by atoms with Crippen LogP contribution in [0.4, 0.5) is 0 Å². The van der Waals surface area contributed by atoms with Crippen molar-refractivity contribution in [2.45, 2.75) is 6.92 Å². The number of carbonyl (C=O) groups is 3. The van der Waals surface area contributed by atoms with Gasteiger partial charge >= 0.3 is 5.97 Å². The van der Waals surface area contributed by atoms with E-state index in [4.69, 9.17) is 9.47 Å². The quantitative estimate of drug-likeness (QED) is 0.414. The van der Waals surface area contributed by atoms with E-state index < -0.39 is 17.8 Å². The highest BCUT2D eigenvalue weighted by Gasteiger charge is 2.17. The number of amides is 2. The Morgan fingerprint density at radius 2 is 1.68 bits per heavy atom. The van der Waals surface area contributed by atoms with Crippen molar-refractivity contribution in [3.05, 3.63) is 71.4 Å². The van der Waals surface area contributed by atoms with Crippen molar-refractivity contribution in [3.63, 3.8) is 0 Å². The van der Waals surface area contributed by atoms with Gasteiger partial charge in [-0.15, -0.1) is 0 Å². The first-order valence-electron chi connectivity index (χ1n) is 8.64. The minimum atomic E-state index is -0.501. The maximum absolute atomic E-state index is 12.7. The van der Waals surface area contributed by atoms with E-state index in [2.05, 4.69) is 10.6 Å². The van der Waals surface area contributed by atoms with Gasteiger partial charge in [-0.2, -0.15) is 0 Å². The first-order chi connectivity index (χ1) is 13.5. The first kappa shape index (κ1) is 20.7. The first-order valence-corrected chi connectivity index (χ1v) is 8.64. The number of ether oxygens (including phenoxy) is 2. The number of methoxy groups -OCH3 is 1. The Balaban J connectivity index is 2.18. The summed E-state index contributed by atoms with van der Waals surface area (Å²) in [7, 11) is 1.47. The van der Waals surface area contributed by atoms with Gasteiger partial charge in [-0.1, -0.05) is 42.5 Å². The highest BCUT2D eigenvalue weighted by atomic mass is 16.5.